The molecule has 3 aromatic rings. The number of nitrogens with zero attached hydrogens (tertiary/aromatic N) is 4. The molecule has 2 aromatic carbocycles. The molecule has 168 valence electrons. The van der Waals surface area contributed by atoms with Gasteiger partial charge in [-0.1, -0.05) is 36.4 Å². The van der Waals surface area contributed by atoms with Gasteiger partial charge in [0.15, 0.2) is 11.4 Å². The highest BCUT2D eigenvalue weighted by Crippen LogP contribution is 2.33. The molecule has 1 heterocycles. The third-order valence-electron chi connectivity index (χ3n) is 4.59. The van der Waals surface area contributed by atoms with Gasteiger partial charge < -0.3 is 10.2 Å². The Balaban J connectivity index is 1.84. The highest BCUT2D eigenvalue weighted by molar-refractivity contribution is 5.99. The van der Waals surface area contributed by atoms with Gasteiger partial charge in [-0.05, 0) is 36.2 Å². The van der Waals surface area contributed by atoms with Gasteiger partial charge in [-0.15, -0.1) is 5.10 Å². The zero-order valence-corrected chi connectivity index (χ0v) is 17.2. The van der Waals surface area contributed by atoms with Crippen LogP contribution in [0.2, 0.25) is 0 Å². The van der Waals surface area contributed by atoms with Gasteiger partial charge in [0.25, 0.3) is 5.91 Å². The molecule has 0 radical (unpaired) electrons. The fourth-order valence-electron chi connectivity index (χ4n) is 3.08. The third kappa shape index (κ3) is 4.93. The van der Waals surface area contributed by atoms with Crippen LogP contribution in [0.3, 0.4) is 0 Å². The summed E-state index contributed by atoms with van der Waals surface area (Å²) in [5.74, 6) is -2.52. The van der Waals surface area contributed by atoms with Crippen molar-refractivity contribution in [2.45, 2.75) is 19.5 Å². The van der Waals surface area contributed by atoms with Gasteiger partial charge in [-0.3, -0.25) is 9.59 Å². The van der Waals surface area contributed by atoms with Crippen LogP contribution in [0.5, 0.6) is 0 Å². The van der Waals surface area contributed by atoms with Gasteiger partial charge in [0.1, 0.15) is 5.82 Å². The number of carbonyl (C=O) groups excluding carboxylic acids is 2. The first-order valence-electron chi connectivity index (χ1n) is 9.53. The quantitative estimate of drug-likeness (QED) is 0.582. The van der Waals surface area contributed by atoms with Crippen molar-refractivity contribution in [1.82, 2.24) is 19.9 Å². The monoisotopic (exact) mass is 449 g/mol. The summed E-state index contributed by atoms with van der Waals surface area (Å²) >= 11 is 0. The van der Waals surface area contributed by atoms with Crippen molar-refractivity contribution in [1.29, 1.82) is 0 Å². The van der Waals surface area contributed by atoms with Crippen LogP contribution in [0, 0.1) is 5.82 Å². The Hall–Kier alpha value is -3.76. The Bertz CT molecular complexity index is 1140. The number of anilines is 1. The van der Waals surface area contributed by atoms with Crippen LogP contribution in [0.15, 0.2) is 48.5 Å². The molecule has 0 saturated heterocycles. The van der Waals surface area contributed by atoms with E-state index in [0.717, 1.165) is 22.6 Å². The Morgan fingerprint density at radius 1 is 1.12 bits per heavy atom. The highest BCUT2D eigenvalue weighted by atomic mass is 19.4. The van der Waals surface area contributed by atoms with E-state index >= 15 is 0 Å². The summed E-state index contributed by atoms with van der Waals surface area (Å²) in [5.41, 5.74) is -1.29. The summed E-state index contributed by atoms with van der Waals surface area (Å²) in [6.45, 7) is 1.39. The smallest absolute Gasteiger partial charge is 0.331 e. The van der Waals surface area contributed by atoms with Crippen molar-refractivity contribution in [3.63, 3.8) is 0 Å². The van der Waals surface area contributed by atoms with Gasteiger partial charge in [0.2, 0.25) is 5.91 Å². The first kappa shape index (κ1) is 22.9. The largest absolute Gasteiger partial charge is 0.435 e. The minimum Gasteiger partial charge on any atom is -0.331 e. The molecule has 0 aliphatic rings. The lowest BCUT2D eigenvalue weighted by atomic mass is 10.1. The lowest BCUT2D eigenvalue weighted by Crippen LogP contribution is -2.36. The van der Waals surface area contributed by atoms with Gasteiger partial charge in [-0.25, -0.2) is 9.07 Å². The molecule has 1 N–H and O–H groups in total. The van der Waals surface area contributed by atoms with Crippen molar-refractivity contribution in [3.05, 3.63) is 71.3 Å². The summed E-state index contributed by atoms with van der Waals surface area (Å²) in [6, 6.07) is 11.3. The van der Waals surface area contributed by atoms with E-state index in [1.54, 1.807) is 12.1 Å². The molecule has 0 saturated carbocycles. The van der Waals surface area contributed by atoms with Crippen LogP contribution in [-0.2, 0) is 17.4 Å². The predicted octanol–water partition coefficient (Wildman–Crippen LogP) is 3.70. The number of hydrogen-bond acceptors (Lipinski definition) is 4. The van der Waals surface area contributed by atoms with Crippen molar-refractivity contribution in [2.24, 2.45) is 0 Å². The fraction of sp³-hybridized carbons (Fsp3) is 0.238. The molecule has 0 atom stereocenters. The van der Waals surface area contributed by atoms with Crippen LogP contribution in [0.1, 0.15) is 28.7 Å². The molecule has 1 aromatic heterocycles. The average Bonchev–Trinajstić information content (AvgIpc) is 3.19. The van der Waals surface area contributed by atoms with E-state index in [2.05, 4.69) is 15.6 Å². The van der Waals surface area contributed by atoms with Crippen molar-refractivity contribution in [2.75, 3.05) is 18.9 Å². The lowest BCUT2D eigenvalue weighted by molar-refractivity contribution is -0.143. The van der Waals surface area contributed by atoms with Crippen molar-refractivity contribution >= 4 is 17.5 Å². The molecule has 11 heteroatoms. The van der Waals surface area contributed by atoms with Gasteiger partial charge in [0, 0.05) is 12.7 Å². The maximum absolute atomic E-state index is 13.7. The van der Waals surface area contributed by atoms with E-state index in [0.29, 0.717) is 16.8 Å². The number of amides is 2. The summed E-state index contributed by atoms with van der Waals surface area (Å²) < 4.78 is 55.1. The van der Waals surface area contributed by atoms with Gasteiger partial charge in [-0.2, -0.15) is 13.2 Å². The number of carbonyl (C=O) groups is 2. The number of para-hydroxylation sites is 1. The van der Waals surface area contributed by atoms with E-state index in [9.17, 15) is 27.2 Å². The SMILES string of the molecule is CCc1ccccc1NC(=O)CN(C)C(=O)c1nnn(-c2cccc(F)c2)c1C(F)(F)F. The number of halogens is 4. The lowest BCUT2D eigenvalue weighted by Gasteiger charge is -2.18. The van der Waals surface area contributed by atoms with Crippen molar-refractivity contribution < 1.29 is 27.2 Å². The molecule has 0 unspecified atom stereocenters. The molecular formula is C21H19F4N5O2. The molecule has 0 aliphatic carbocycles. The maximum Gasteiger partial charge on any atom is 0.435 e. The molecular weight excluding hydrogens is 430 g/mol. The predicted molar refractivity (Wildman–Crippen MR) is 108 cm³/mol. The summed E-state index contributed by atoms with van der Waals surface area (Å²) in [5, 5.41) is 9.42. The highest BCUT2D eigenvalue weighted by Gasteiger charge is 2.42. The van der Waals surface area contributed by atoms with Gasteiger partial charge >= 0.3 is 6.18 Å². The van der Waals surface area contributed by atoms with E-state index in [1.165, 1.54) is 19.2 Å². The van der Waals surface area contributed by atoms with Crippen LogP contribution < -0.4 is 5.32 Å². The Labute approximate surface area is 180 Å². The molecule has 0 aliphatic heterocycles. The number of likely N-dealkylation sites (N-methyl/N-ethyl adjacent to an activating group) is 1. The topological polar surface area (TPSA) is 80.1 Å². The maximum atomic E-state index is 13.7. The van der Waals surface area contributed by atoms with Crippen LogP contribution in [0.25, 0.3) is 5.69 Å². The second-order valence-corrected chi connectivity index (χ2v) is 6.90. The molecule has 3 rings (SSSR count). The van der Waals surface area contributed by atoms with E-state index < -0.39 is 41.7 Å². The number of aromatic nitrogens is 3. The fourth-order valence-corrected chi connectivity index (χ4v) is 3.08. The van der Waals surface area contributed by atoms with Crippen LogP contribution in [-0.4, -0.2) is 45.3 Å². The second-order valence-electron chi connectivity index (χ2n) is 6.90. The second kappa shape index (κ2) is 9.16. The number of hydrogen-bond donors (Lipinski definition) is 1. The summed E-state index contributed by atoms with van der Waals surface area (Å²) in [6.07, 6.45) is -4.35. The van der Waals surface area contributed by atoms with E-state index in [4.69, 9.17) is 0 Å². The third-order valence-corrected chi connectivity index (χ3v) is 4.59. The molecule has 0 fully saturated rings. The molecule has 7 nitrogen and oxygen atoms in total. The molecule has 0 bridgehead atoms. The molecule has 0 spiro atoms. The minimum atomic E-state index is -5.01. The molecule has 2 amide bonds. The average molecular weight is 449 g/mol. The first-order chi connectivity index (χ1) is 15.1. The van der Waals surface area contributed by atoms with Crippen LogP contribution >= 0.6 is 0 Å². The van der Waals surface area contributed by atoms with Crippen LogP contribution in [0.4, 0.5) is 23.2 Å². The first-order valence-corrected chi connectivity index (χ1v) is 9.53. The number of rotatable bonds is 6. The summed E-state index contributed by atoms with van der Waals surface area (Å²) in [4.78, 5) is 25.9. The Morgan fingerprint density at radius 2 is 1.84 bits per heavy atom. The molecule has 32 heavy (non-hydrogen) atoms. The number of alkyl halides is 3. The Morgan fingerprint density at radius 3 is 2.50 bits per heavy atom. The van der Waals surface area contributed by atoms with Gasteiger partial charge in [0.05, 0.1) is 12.2 Å². The number of benzene rings is 2. The zero-order chi connectivity index (χ0) is 23.5. The normalized spacial score (nSPS) is 11.3. The number of aryl methyl sites for hydroxylation is 1. The standard InChI is InChI=1S/C21H19F4N5O2/c1-3-13-7-4-5-10-16(13)26-17(31)12-29(2)20(32)18-19(21(23,24)25)30(28-27-18)15-9-6-8-14(22)11-15/h4-11H,3,12H2,1-2H3,(H,26,31). The number of nitrogens with one attached hydrogen (secondary N) is 1. The van der Waals surface area contributed by atoms with E-state index in [-0.39, 0.29) is 5.69 Å². The minimum absolute atomic E-state index is 0.250. The van der Waals surface area contributed by atoms with E-state index in [1.807, 2.05) is 19.1 Å². The summed E-state index contributed by atoms with van der Waals surface area (Å²) in [7, 11) is 1.18. The Kier molecular flexibility index (Phi) is 6.56. The van der Waals surface area contributed by atoms with Crippen molar-refractivity contribution in [3.8, 4) is 5.69 Å². The zero-order valence-electron chi connectivity index (χ0n) is 17.2.